The third-order valence-electron chi connectivity index (χ3n) is 4.42. The number of guanidine groups is 1. The van der Waals surface area contributed by atoms with E-state index >= 15 is 0 Å². The van der Waals surface area contributed by atoms with E-state index in [1.165, 1.54) is 11.1 Å². The monoisotopic (exact) mass is 356 g/mol. The first-order chi connectivity index (χ1) is 12.7. The second kappa shape index (κ2) is 11.3. The van der Waals surface area contributed by atoms with Crippen LogP contribution in [0, 0.1) is 0 Å². The van der Waals surface area contributed by atoms with Crippen LogP contribution in [0.4, 0.5) is 0 Å². The molecule has 0 spiro atoms. The number of aryl methyl sites for hydroxylation is 1. The molecule has 0 aliphatic rings. The van der Waals surface area contributed by atoms with Gasteiger partial charge in [-0.3, -0.25) is 14.6 Å². The minimum atomic E-state index is 0.768. The Hall–Kier alpha value is -2.34. The zero-order valence-electron chi connectivity index (χ0n) is 16.3. The van der Waals surface area contributed by atoms with Crippen molar-refractivity contribution in [3.63, 3.8) is 0 Å². The number of nitrogens with zero attached hydrogens (tertiary/aromatic N) is 4. The third kappa shape index (κ3) is 6.88. The average molecular weight is 357 g/mol. The summed E-state index contributed by atoms with van der Waals surface area (Å²) < 4.78 is 1.94. The lowest BCUT2D eigenvalue weighted by atomic mass is 10.1. The van der Waals surface area contributed by atoms with Crippen LogP contribution in [0.15, 0.2) is 47.7 Å². The highest BCUT2D eigenvalue weighted by molar-refractivity contribution is 5.79. The van der Waals surface area contributed by atoms with Gasteiger partial charge in [-0.2, -0.15) is 5.10 Å². The van der Waals surface area contributed by atoms with Gasteiger partial charge in [0.2, 0.25) is 0 Å². The quantitative estimate of drug-likeness (QED) is 0.390. The van der Waals surface area contributed by atoms with Crippen molar-refractivity contribution in [1.29, 1.82) is 0 Å². The van der Waals surface area contributed by atoms with Crippen LogP contribution in [-0.2, 0) is 19.6 Å². The first kappa shape index (κ1) is 20.0. The van der Waals surface area contributed by atoms with Crippen LogP contribution in [0.1, 0.15) is 31.4 Å². The Morgan fingerprint density at radius 3 is 2.46 bits per heavy atom. The van der Waals surface area contributed by atoms with Gasteiger partial charge in [0.15, 0.2) is 5.96 Å². The second-order valence-corrected chi connectivity index (χ2v) is 6.25. The Morgan fingerprint density at radius 2 is 1.85 bits per heavy atom. The molecule has 6 nitrogen and oxygen atoms in total. The lowest BCUT2D eigenvalue weighted by molar-refractivity contribution is 0.296. The van der Waals surface area contributed by atoms with E-state index in [1.54, 1.807) is 13.2 Å². The minimum absolute atomic E-state index is 0.768. The highest BCUT2D eigenvalue weighted by Crippen LogP contribution is 2.07. The molecule has 0 fully saturated rings. The minimum Gasteiger partial charge on any atom is -0.356 e. The molecule has 2 N–H and O–H groups in total. The van der Waals surface area contributed by atoms with Crippen LogP contribution in [0.5, 0.6) is 0 Å². The van der Waals surface area contributed by atoms with Gasteiger partial charge in [-0.15, -0.1) is 0 Å². The van der Waals surface area contributed by atoms with E-state index in [2.05, 4.69) is 63.7 Å². The molecule has 0 aliphatic carbocycles. The Labute approximate surface area is 157 Å². The summed E-state index contributed by atoms with van der Waals surface area (Å²) in [5.41, 5.74) is 2.62. The van der Waals surface area contributed by atoms with E-state index < -0.39 is 0 Å². The first-order valence-corrected chi connectivity index (χ1v) is 9.47. The maximum Gasteiger partial charge on any atom is 0.191 e. The first-order valence-electron chi connectivity index (χ1n) is 9.47. The highest BCUT2D eigenvalue weighted by atomic mass is 15.3. The summed E-state index contributed by atoms with van der Waals surface area (Å²) in [5.74, 6) is 0.831. The number of hydrogen-bond acceptors (Lipinski definition) is 3. The van der Waals surface area contributed by atoms with E-state index in [-0.39, 0.29) is 0 Å². The lowest BCUT2D eigenvalue weighted by Gasteiger charge is -2.18. The van der Waals surface area contributed by atoms with E-state index in [0.717, 1.165) is 51.6 Å². The lowest BCUT2D eigenvalue weighted by Crippen LogP contribution is -2.37. The summed E-state index contributed by atoms with van der Waals surface area (Å²) in [6, 6.07) is 10.8. The zero-order valence-corrected chi connectivity index (χ0v) is 16.3. The molecule has 1 heterocycles. The van der Waals surface area contributed by atoms with Gasteiger partial charge >= 0.3 is 0 Å². The Kier molecular flexibility index (Phi) is 8.69. The fourth-order valence-electron chi connectivity index (χ4n) is 2.75. The number of nitrogens with one attached hydrogen (secondary N) is 2. The van der Waals surface area contributed by atoms with Gasteiger partial charge in [0.1, 0.15) is 0 Å². The Balaban J connectivity index is 1.70. The number of aromatic nitrogens is 2. The van der Waals surface area contributed by atoms with Crippen LogP contribution in [0.25, 0.3) is 0 Å². The number of hydrogen-bond donors (Lipinski definition) is 2. The molecule has 26 heavy (non-hydrogen) atoms. The maximum atomic E-state index is 4.28. The van der Waals surface area contributed by atoms with Gasteiger partial charge in [-0.1, -0.05) is 38.1 Å². The van der Waals surface area contributed by atoms with Crippen molar-refractivity contribution in [2.75, 3.05) is 26.7 Å². The summed E-state index contributed by atoms with van der Waals surface area (Å²) in [7, 11) is 1.80. The molecule has 0 saturated heterocycles. The van der Waals surface area contributed by atoms with E-state index in [9.17, 15) is 0 Å². The molecule has 142 valence electrons. The van der Waals surface area contributed by atoms with Crippen molar-refractivity contribution >= 4 is 5.96 Å². The molecule has 1 aromatic heterocycles. The summed E-state index contributed by atoms with van der Waals surface area (Å²) in [6.45, 7) is 10.1. The number of rotatable bonds is 10. The van der Waals surface area contributed by atoms with Crippen molar-refractivity contribution in [3.8, 4) is 0 Å². The van der Waals surface area contributed by atoms with Crippen LogP contribution >= 0.6 is 0 Å². The second-order valence-electron chi connectivity index (χ2n) is 6.25. The van der Waals surface area contributed by atoms with Crippen molar-refractivity contribution in [1.82, 2.24) is 25.3 Å². The molecular weight excluding hydrogens is 324 g/mol. The average Bonchev–Trinajstić information content (AvgIpc) is 3.20. The van der Waals surface area contributed by atoms with Crippen molar-refractivity contribution < 1.29 is 0 Å². The van der Waals surface area contributed by atoms with Crippen LogP contribution in [0.2, 0.25) is 0 Å². The third-order valence-corrected chi connectivity index (χ3v) is 4.42. The normalized spacial score (nSPS) is 11.8. The molecule has 0 unspecified atom stereocenters. The maximum absolute atomic E-state index is 4.28. The molecule has 0 atom stereocenters. The topological polar surface area (TPSA) is 57.5 Å². The standard InChI is InChI=1S/C20H32N6/c1-4-25(5-2)17-19-10-8-18(9-11-19)16-23-20(21-3)22-12-6-14-26-15-7-13-24-26/h7-11,13,15H,4-6,12,14,16-17H2,1-3H3,(H2,21,22,23). The molecular formula is C20H32N6. The van der Waals surface area contributed by atoms with Gasteiger partial charge < -0.3 is 10.6 Å². The molecule has 0 aliphatic heterocycles. The fourth-order valence-corrected chi connectivity index (χ4v) is 2.75. The van der Waals surface area contributed by atoms with Crippen molar-refractivity contribution in [2.24, 2.45) is 4.99 Å². The fraction of sp³-hybridized carbons (Fsp3) is 0.500. The largest absolute Gasteiger partial charge is 0.356 e. The highest BCUT2D eigenvalue weighted by Gasteiger charge is 2.02. The van der Waals surface area contributed by atoms with Gasteiger partial charge in [0, 0.05) is 45.6 Å². The van der Waals surface area contributed by atoms with E-state index in [0.29, 0.717) is 0 Å². The molecule has 1 aromatic carbocycles. The molecule has 0 radical (unpaired) electrons. The summed E-state index contributed by atoms with van der Waals surface area (Å²) in [4.78, 5) is 6.70. The molecule has 0 bridgehead atoms. The van der Waals surface area contributed by atoms with Gasteiger partial charge in [0.05, 0.1) is 0 Å². The smallest absolute Gasteiger partial charge is 0.191 e. The van der Waals surface area contributed by atoms with Crippen molar-refractivity contribution in [2.45, 2.75) is 39.9 Å². The summed E-state index contributed by atoms with van der Waals surface area (Å²) in [5, 5.41) is 10.9. The molecule has 0 saturated carbocycles. The summed E-state index contributed by atoms with van der Waals surface area (Å²) >= 11 is 0. The van der Waals surface area contributed by atoms with Gasteiger partial charge in [-0.05, 0) is 36.7 Å². The zero-order chi connectivity index (χ0) is 18.6. The molecule has 2 rings (SSSR count). The van der Waals surface area contributed by atoms with Crippen LogP contribution < -0.4 is 10.6 Å². The van der Waals surface area contributed by atoms with Crippen molar-refractivity contribution in [3.05, 3.63) is 53.9 Å². The van der Waals surface area contributed by atoms with E-state index in [1.807, 2.05) is 16.9 Å². The number of aliphatic imine (C=N–C) groups is 1. The Morgan fingerprint density at radius 1 is 1.12 bits per heavy atom. The Bertz CT molecular complexity index is 629. The van der Waals surface area contributed by atoms with Gasteiger partial charge in [-0.25, -0.2) is 0 Å². The van der Waals surface area contributed by atoms with Gasteiger partial charge in [0.25, 0.3) is 0 Å². The SMILES string of the molecule is CCN(CC)Cc1ccc(CNC(=NC)NCCCn2cccn2)cc1. The summed E-state index contributed by atoms with van der Waals surface area (Å²) in [6.07, 6.45) is 4.79. The van der Waals surface area contributed by atoms with Crippen LogP contribution in [-0.4, -0.2) is 47.3 Å². The van der Waals surface area contributed by atoms with Crippen LogP contribution in [0.3, 0.4) is 0 Å². The van der Waals surface area contributed by atoms with E-state index in [4.69, 9.17) is 0 Å². The molecule has 2 aromatic rings. The predicted molar refractivity (Wildman–Crippen MR) is 108 cm³/mol. The molecule has 0 amide bonds. The number of benzene rings is 1. The molecule has 6 heteroatoms. The predicted octanol–water partition coefficient (Wildman–Crippen LogP) is 2.48.